The third-order valence-corrected chi connectivity index (χ3v) is 4.70. The highest BCUT2D eigenvalue weighted by molar-refractivity contribution is 7.86. The molecule has 0 fully saturated rings. The van der Waals surface area contributed by atoms with Crippen molar-refractivity contribution in [3.63, 3.8) is 0 Å². The fourth-order valence-corrected chi connectivity index (χ4v) is 2.48. The lowest BCUT2D eigenvalue weighted by atomic mass is 10.1. The summed E-state index contributed by atoms with van der Waals surface area (Å²) >= 11 is 0. The Balaban J connectivity index is 2.67. The third kappa shape index (κ3) is 5.45. The number of benzene rings is 1. The number of hydrogen-bond donors (Lipinski definition) is 1. The Morgan fingerprint density at radius 1 is 1.40 bits per heavy atom. The Kier molecular flexibility index (Phi) is 5.50. The average molecular weight is 298 g/mol. The maximum Gasteiger partial charge on any atom is 0.267 e. The Morgan fingerprint density at radius 3 is 2.60 bits per heavy atom. The summed E-state index contributed by atoms with van der Waals surface area (Å²) in [6.07, 6.45) is 2.25. The molecule has 0 bridgehead atoms. The molecule has 20 heavy (non-hydrogen) atoms. The molecule has 4 nitrogen and oxygen atoms in total. The van der Waals surface area contributed by atoms with E-state index in [4.69, 9.17) is 4.55 Å². The van der Waals surface area contributed by atoms with Crippen molar-refractivity contribution in [2.75, 3.05) is 20.6 Å². The summed E-state index contributed by atoms with van der Waals surface area (Å²) in [6, 6.07) is 8.13. The Labute approximate surface area is 122 Å². The fraction of sp³-hybridized carbons (Fsp3) is 0.467. The predicted octanol–water partition coefficient (Wildman–Crippen LogP) is 2.57. The van der Waals surface area contributed by atoms with Gasteiger partial charge in [0.25, 0.3) is 10.1 Å². The lowest BCUT2D eigenvalue weighted by Crippen LogP contribution is -2.41. The quantitative estimate of drug-likeness (QED) is 0.622. The summed E-state index contributed by atoms with van der Waals surface area (Å²) < 4.78 is 31.7. The molecule has 0 aliphatic rings. The molecule has 1 N–H and O–H groups in total. The van der Waals surface area contributed by atoms with Crippen molar-refractivity contribution in [1.82, 2.24) is 0 Å². The molecule has 1 aromatic carbocycles. The molecule has 0 amide bonds. The molecular weight excluding hydrogens is 274 g/mol. The van der Waals surface area contributed by atoms with Crippen LogP contribution >= 0.6 is 0 Å². The molecule has 112 valence electrons. The zero-order valence-corrected chi connectivity index (χ0v) is 13.2. The zero-order chi connectivity index (χ0) is 15.4. The van der Waals surface area contributed by atoms with Crippen LogP contribution in [0.25, 0.3) is 6.08 Å². The van der Waals surface area contributed by atoms with Gasteiger partial charge < -0.3 is 4.48 Å². The number of nitrogens with zero attached hydrogens (tertiary/aromatic N) is 1. The lowest BCUT2D eigenvalue weighted by molar-refractivity contribution is -0.903. The molecule has 1 unspecified atom stereocenters. The second-order valence-electron chi connectivity index (χ2n) is 5.88. The summed E-state index contributed by atoms with van der Waals surface area (Å²) in [4.78, 5) is 0. The normalized spacial score (nSPS) is 14.0. The maximum atomic E-state index is 11.0. The minimum atomic E-state index is -3.93. The van der Waals surface area contributed by atoms with Crippen molar-refractivity contribution < 1.29 is 17.5 Å². The Bertz CT molecular complexity index is 564. The minimum Gasteiger partial charge on any atom is -0.325 e. The van der Waals surface area contributed by atoms with Crippen molar-refractivity contribution in [3.05, 3.63) is 42.0 Å². The molecular formula is C15H24NO3S+. The zero-order valence-electron chi connectivity index (χ0n) is 12.4. The first-order chi connectivity index (χ1) is 9.14. The highest BCUT2D eigenvalue weighted by Crippen LogP contribution is 2.14. The Hall–Kier alpha value is -1.17. The van der Waals surface area contributed by atoms with Gasteiger partial charge in [0.15, 0.2) is 0 Å². The molecule has 0 spiro atoms. The van der Waals surface area contributed by atoms with Crippen LogP contribution in [0, 0.1) is 0 Å². The van der Waals surface area contributed by atoms with Gasteiger partial charge in [0, 0.05) is 12.0 Å². The van der Waals surface area contributed by atoms with Crippen molar-refractivity contribution in [1.29, 1.82) is 0 Å². The van der Waals surface area contributed by atoms with E-state index in [2.05, 4.69) is 32.8 Å². The van der Waals surface area contributed by atoms with Crippen molar-refractivity contribution >= 4 is 16.2 Å². The molecule has 0 saturated heterocycles. The van der Waals surface area contributed by atoms with Gasteiger partial charge in [-0.1, -0.05) is 30.9 Å². The SMILES string of the molecule is C=Cc1cccc(C[N+](C)(C)CCC(C)S(=O)(=O)O)c1. The molecule has 0 heterocycles. The molecule has 0 aliphatic heterocycles. The van der Waals surface area contributed by atoms with Crippen molar-refractivity contribution in [3.8, 4) is 0 Å². The molecule has 0 aliphatic carbocycles. The highest BCUT2D eigenvalue weighted by Gasteiger charge is 2.23. The van der Waals surface area contributed by atoms with Gasteiger partial charge in [-0.3, -0.25) is 4.55 Å². The smallest absolute Gasteiger partial charge is 0.267 e. The van der Waals surface area contributed by atoms with Gasteiger partial charge in [-0.05, 0) is 18.6 Å². The second kappa shape index (κ2) is 6.52. The number of hydrogen-bond acceptors (Lipinski definition) is 2. The summed E-state index contributed by atoms with van der Waals surface area (Å²) in [5.41, 5.74) is 2.26. The summed E-state index contributed by atoms with van der Waals surface area (Å²) in [5.74, 6) is 0. The van der Waals surface area contributed by atoms with Gasteiger partial charge in [-0.15, -0.1) is 0 Å². The number of rotatable bonds is 7. The summed E-state index contributed by atoms with van der Waals surface area (Å²) in [7, 11) is 0.174. The van der Waals surface area contributed by atoms with Crippen LogP contribution in [0.3, 0.4) is 0 Å². The van der Waals surface area contributed by atoms with Gasteiger partial charge in [0.1, 0.15) is 6.54 Å². The van der Waals surface area contributed by atoms with Crippen LogP contribution in [0.5, 0.6) is 0 Å². The van der Waals surface area contributed by atoms with Gasteiger partial charge in [-0.2, -0.15) is 8.42 Å². The topological polar surface area (TPSA) is 54.4 Å². The van der Waals surface area contributed by atoms with E-state index < -0.39 is 15.4 Å². The van der Waals surface area contributed by atoms with Crippen LogP contribution in [-0.2, 0) is 16.7 Å². The molecule has 1 rings (SSSR count). The van der Waals surface area contributed by atoms with Crippen LogP contribution in [0.4, 0.5) is 0 Å². The minimum absolute atomic E-state index is 0.437. The van der Waals surface area contributed by atoms with E-state index in [1.165, 1.54) is 12.5 Å². The fourth-order valence-electron chi connectivity index (χ4n) is 2.07. The van der Waals surface area contributed by atoms with E-state index in [0.29, 0.717) is 17.4 Å². The molecule has 1 aromatic rings. The molecule has 1 atom stereocenters. The lowest BCUT2D eigenvalue weighted by Gasteiger charge is -2.30. The van der Waals surface area contributed by atoms with Crippen LogP contribution in [0.1, 0.15) is 24.5 Å². The van der Waals surface area contributed by atoms with Crippen molar-refractivity contribution in [2.45, 2.75) is 25.1 Å². The van der Waals surface area contributed by atoms with Gasteiger partial charge in [-0.25, -0.2) is 0 Å². The second-order valence-corrected chi connectivity index (χ2v) is 7.72. The molecule has 0 radical (unpaired) electrons. The maximum absolute atomic E-state index is 11.0. The van der Waals surface area contributed by atoms with Crippen LogP contribution < -0.4 is 0 Å². The van der Waals surface area contributed by atoms with E-state index in [-0.39, 0.29) is 0 Å². The van der Waals surface area contributed by atoms with Crippen molar-refractivity contribution in [2.24, 2.45) is 0 Å². The van der Waals surface area contributed by atoms with Gasteiger partial charge in [0.05, 0.1) is 25.9 Å². The van der Waals surface area contributed by atoms with Crippen LogP contribution in [0.2, 0.25) is 0 Å². The molecule has 5 heteroatoms. The number of quaternary nitrogens is 1. The van der Waals surface area contributed by atoms with E-state index in [1.807, 2.05) is 18.2 Å². The highest BCUT2D eigenvalue weighted by atomic mass is 32.2. The van der Waals surface area contributed by atoms with Gasteiger partial charge >= 0.3 is 0 Å². The molecule has 0 saturated carbocycles. The first-order valence-corrected chi connectivity index (χ1v) is 8.14. The third-order valence-electron chi connectivity index (χ3n) is 3.45. The Morgan fingerprint density at radius 2 is 2.05 bits per heavy atom. The summed E-state index contributed by atoms with van der Waals surface area (Å²) in [5, 5.41) is -0.723. The van der Waals surface area contributed by atoms with E-state index in [1.54, 1.807) is 0 Å². The first kappa shape index (κ1) is 16.9. The van der Waals surface area contributed by atoms with E-state index in [0.717, 1.165) is 12.1 Å². The standard InChI is InChI=1S/C15H23NO3S/c1-5-14-7-6-8-15(11-14)12-16(3,4)10-9-13(2)20(17,18)19/h5-8,11,13H,1,9-10,12H2,2-4H3/p+1. The largest absolute Gasteiger partial charge is 0.325 e. The van der Waals surface area contributed by atoms with Crippen LogP contribution in [0.15, 0.2) is 30.8 Å². The van der Waals surface area contributed by atoms with E-state index >= 15 is 0 Å². The van der Waals surface area contributed by atoms with E-state index in [9.17, 15) is 8.42 Å². The molecule has 0 aromatic heterocycles. The monoisotopic (exact) mass is 298 g/mol. The summed E-state index contributed by atoms with van der Waals surface area (Å²) in [6.45, 7) is 6.78. The first-order valence-electron chi connectivity index (χ1n) is 6.64. The van der Waals surface area contributed by atoms with Gasteiger partial charge in [0.2, 0.25) is 0 Å². The predicted molar refractivity (Wildman–Crippen MR) is 82.8 cm³/mol. The average Bonchev–Trinajstić information content (AvgIpc) is 2.34. The van der Waals surface area contributed by atoms with Crippen LogP contribution in [-0.4, -0.2) is 43.3 Å².